The van der Waals surface area contributed by atoms with Gasteiger partial charge in [0.1, 0.15) is 0 Å². The zero-order chi connectivity index (χ0) is 11.8. The largest absolute Gasteiger partial charge is 0.382 e. The second kappa shape index (κ2) is 7.19. The van der Waals surface area contributed by atoms with Crippen molar-refractivity contribution in [3.8, 4) is 0 Å². The van der Waals surface area contributed by atoms with Crippen LogP contribution in [0.4, 0.5) is 5.69 Å². The molecule has 16 heavy (non-hydrogen) atoms. The van der Waals surface area contributed by atoms with E-state index in [0.29, 0.717) is 0 Å². The summed E-state index contributed by atoms with van der Waals surface area (Å²) in [6.07, 6.45) is 2.04. The number of rotatable bonds is 7. The molecule has 1 atom stereocenters. The number of pyridine rings is 1. The van der Waals surface area contributed by atoms with E-state index in [1.54, 1.807) is 7.11 Å². The number of ether oxygens (including phenoxy) is 1. The molecule has 90 valence electrons. The van der Waals surface area contributed by atoms with Gasteiger partial charge in [-0.2, -0.15) is 0 Å². The Kier molecular flexibility index (Phi) is 5.82. The van der Waals surface area contributed by atoms with Gasteiger partial charge in [-0.25, -0.2) is 0 Å². The van der Waals surface area contributed by atoms with Gasteiger partial charge in [-0.15, -0.1) is 0 Å². The highest BCUT2D eigenvalue weighted by Gasteiger charge is 2.00. The Morgan fingerprint density at radius 3 is 3.00 bits per heavy atom. The lowest BCUT2D eigenvalue weighted by atomic mass is 10.3. The summed E-state index contributed by atoms with van der Waals surface area (Å²) < 4.78 is 5.18. The molecule has 0 saturated heterocycles. The van der Waals surface area contributed by atoms with E-state index in [0.717, 1.165) is 31.0 Å². The molecule has 1 heterocycles. The fourth-order valence-electron chi connectivity index (χ4n) is 1.28. The summed E-state index contributed by atoms with van der Waals surface area (Å²) in [4.78, 5) is 4.29. The molecule has 0 aliphatic carbocycles. The van der Waals surface area contributed by atoms with Crippen molar-refractivity contribution in [2.45, 2.75) is 26.5 Å². The van der Waals surface area contributed by atoms with Crippen LogP contribution in [0.15, 0.2) is 18.3 Å². The van der Waals surface area contributed by atoms with Crippen LogP contribution in [0.25, 0.3) is 0 Å². The molecule has 0 radical (unpaired) electrons. The molecular weight excluding hydrogens is 202 g/mol. The summed E-state index contributed by atoms with van der Waals surface area (Å²) in [6, 6.07) is 4.03. The third-order valence-electron chi connectivity index (χ3n) is 2.37. The molecule has 0 aromatic carbocycles. The SMILES string of the molecule is CCNCc1cc(NCC(C)OC)ccn1. The Morgan fingerprint density at radius 1 is 1.50 bits per heavy atom. The van der Waals surface area contributed by atoms with Crippen LogP contribution in [-0.4, -0.2) is 31.3 Å². The lowest BCUT2D eigenvalue weighted by molar-refractivity contribution is 0.129. The predicted molar refractivity (Wildman–Crippen MR) is 66.6 cm³/mol. The molecule has 0 saturated carbocycles. The molecule has 0 spiro atoms. The average molecular weight is 223 g/mol. The maximum Gasteiger partial charge on any atom is 0.0715 e. The molecule has 0 bridgehead atoms. The molecule has 0 aliphatic rings. The van der Waals surface area contributed by atoms with Crippen LogP contribution in [0.3, 0.4) is 0 Å². The minimum Gasteiger partial charge on any atom is -0.382 e. The average Bonchev–Trinajstić information content (AvgIpc) is 2.34. The van der Waals surface area contributed by atoms with Crippen molar-refractivity contribution in [1.29, 1.82) is 0 Å². The molecule has 1 aromatic rings. The van der Waals surface area contributed by atoms with Crippen molar-refractivity contribution in [3.63, 3.8) is 0 Å². The van der Waals surface area contributed by atoms with Gasteiger partial charge in [-0.1, -0.05) is 6.92 Å². The van der Waals surface area contributed by atoms with Gasteiger partial charge in [0, 0.05) is 32.1 Å². The van der Waals surface area contributed by atoms with E-state index in [9.17, 15) is 0 Å². The van der Waals surface area contributed by atoms with Crippen molar-refractivity contribution >= 4 is 5.69 Å². The first-order valence-corrected chi connectivity index (χ1v) is 5.68. The van der Waals surface area contributed by atoms with Crippen molar-refractivity contribution < 1.29 is 4.74 Å². The number of hydrogen-bond donors (Lipinski definition) is 2. The first-order valence-electron chi connectivity index (χ1n) is 5.68. The Hall–Kier alpha value is -1.13. The number of methoxy groups -OCH3 is 1. The normalized spacial score (nSPS) is 12.4. The lowest BCUT2D eigenvalue weighted by Crippen LogP contribution is -2.18. The molecule has 0 amide bonds. The Bertz CT molecular complexity index is 304. The molecule has 1 aromatic heterocycles. The quantitative estimate of drug-likeness (QED) is 0.737. The Labute approximate surface area is 97.4 Å². The number of nitrogens with zero attached hydrogens (tertiary/aromatic N) is 1. The standard InChI is InChI=1S/C12H21N3O/c1-4-13-9-12-7-11(5-6-14-12)15-8-10(2)16-3/h5-7,10,13H,4,8-9H2,1-3H3,(H,14,15). The van der Waals surface area contributed by atoms with Crippen LogP contribution >= 0.6 is 0 Å². The molecule has 1 unspecified atom stereocenters. The fraction of sp³-hybridized carbons (Fsp3) is 0.583. The van der Waals surface area contributed by atoms with Gasteiger partial charge in [-0.3, -0.25) is 4.98 Å². The number of nitrogens with one attached hydrogen (secondary N) is 2. The molecule has 2 N–H and O–H groups in total. The minimum absolute atomic E-state index is 0.213. The molecule has 0 aliphatic heterocycles. The van der Waals surface area contributed by atoms with Gasteiger partial charge in [0.05, 0.1) is 11.8 Å². The monoisotopic (exact) mass is 223 g/mol. The van der Waals surface area contributed by atoms with Gasteiger partial charge in [0.15, 0.2) is 0 Å². The Balaban J connectivity index is 2.46. The smallest absolute Gasteiger partial charge is 0.0715 e. The van der Waals surface area contributed by atoms with E-state index in [-0.39, 0.29) is 6.10 Å². The van der Waals surface area contributed by atoms with Crippen molar-refractivity contribution in [1.82, 2.24) is 10.3 Å². The maximum absolute atomic E-state index is 5.18. The van der Waals surface area contributed by atoms with Gasteiger partial charge in [-0.05, 0) is 25.6 Å². The van der Waals surface area contributed by atoms with E-state index < -0.39 is 0 Å². The highest BCUT2D eigenvalue weighted by molar-refractivity contribution is 5.43. The number of hydrogen-bond acceptors (Lipinski definition) is 4. The second-order valence-electron chi connectivity index (χ2n) is 3.74. The van der Waals surface area contributed by atoms with Crippen LogP contribution < -0.4 is 10.6 Å². The molecule has 4 heteroatoms. The van der Waals surface area contributed by atoms with Gasteiger partial charge in [0.2, 0.25) is 0 Å². The zero-order valence-corrected chi connectivity index (χ0v) is 10.3. The van der Waals surface area contributed by atoms with Crippen LogP contribution in [0.1, 0.15) is 19.5 Å². The molecule has 1 rings (SSSR count). The summed E-state index contributed by atoms with van der Waals surface area (Å²) >= 11 is 0. The van der Waals surface area contributed by atoms with Crippen LogP contribution in [0.2, 0.25) is 0 Å². The van der Waals surface area contributed by atoms with Crippen molar-refractivity contribution in [2.24, 2.45) is 0 Å². The summed E-state index contributed by atoms with van der Waals surface area (Å²) in [5.41, 5.74) is 2.14. The van der Waals surface area contributed by atoms with E-state index >= 15 is 0 Å². The fourth-order valence-corrected chi connectivity index (χ4v) is 1.28. The third-order valence-corrected chi connectivity index (χ3v) is 2.37. The Morgan fingerprint density at radius 2 is 2.31 bits per heavy atom. The van der Waals surface area contributed by atoms with Crippen molar-refractivity contribution in [3.05, 3.63) is 24.0 Å². The lowest BCUT2D eigenvalue weighted by Gasteiger charge is -2.12. The maximum atomic E-state index is 5.18. The van der Waals surface area contributed by atoms with Gasteiger partial charge < -0.3 is 15.4 Å². The molecular formula is C12H21N3O. The number of aromatic nitrogens is 1. The van der Waals surface area contributed by atoms with Crippen LogP contribution in [0.5, 0.6) is 0 Å². The van der Waals surface area contributed by atoms with Crippen molar-refractivity contribution in [2.75, 3.05) is 25.5 Å². The number of anilines is 1. The molecule has 4 nitrogen and oxygen atoms in total. The van der Waals surface area contributed by atoms with E-state index in [4.69, 9.17) is 4.74 Å². The summed E-state index contributed by atoms with van der Waals surface area (Å²) in [6.45, 7) is 6.70. The zero-order valence-electron chi connectivity index (χ0n) is 10.3. The summed E-state index contributed by atoms with van der Waals surface area (Å²) in [5, 5.41) is 6.57. The van der Waals surface area contributed by atoms with Crippen LogP contribution in [-0.2, 0) is 11.3 Å². The highest BCUT2D eigenvalue weighted by Crippen LogP contribution is 2.08. The first-order chi connectivity index (χ1) is 7.76. The summed E-state index contributed by atoms with van der Waals surface area (Å²) in [7, 11) is 1.72. The van der Waals surface area contributed by atoms with E-state index in [1.165, 1.54) is 0 Å². The topological polar surface area (TPSA) is 46.2 Å². The van der Waals surface area contributed by atoms with Gasteiger partial charge >= 0.3 is 0 Å². The third kappa shape index (κ3) is 4.59. The summed E-state index contributed by atoms with van der Waals surface area (Å²) in [5.74, 6) is 0. The first kappa shape index (κ1) is 12.9. The van der Waals surface area contributed by atoms with Crippen LogP contribution in [0, 0.1) is 0 Å². The second-order valence-corrected chi connectivity index (χ2v) is 3.74. The predicted octanol–water partition coefficient (Wildman–Crippen LogP) is 1.64. The van der Waals surface area contributed by atoms with Gasteiger partial charge in [0.25, 0.3) is 0 Å². The molecule has 0 fully saturated rings. The van der Waals surface area contributed by atoms with E-state index in [2.05, 4.69) is 28.6 Å². The van der Waals surface area contributed by atoms with E-state index in [1.807, 2.05) is 19.2 Å². The highest BCUT2D eigenvalue weighted by atomic mass is 16.5. The minimum atomic E-state index is 0.213.